The van der Waals surface area contributed by atoms with Gasteiger partial charge in [0.25, 0.3) is 11.8 Å². The molecule has 1 saturated heterocycles. The molecule has 30 heavy (non-hydrogen) atoms. The Morgan fingerprint density at radius 1 is 1.30 bits per heavy atom. The van der Waals surface area contributed by atoms with E-state index in [0.29, 0.717) is 17.9 Å². The van der Waals surface area contributed by atoms with Gasteiger partial charge in [0.15, 0.2) is 6.10 Å². The Hall–Kier alpha value is -3.10. The number of carbonyl (C=O) groups is 4. The first-order valence-corrected chi connectivity index (χ1v) is 10.1. The van der Waals surface area contributed by atoms with Crippen molar-refractivity contribution in [3.8, 4) is 5.75 Å². The van der Waals surface area contributed by atoms with E-state index in [-0.39, 0.29) is 5.92 Å². The summed E-state index contributed by atoms with van der Waals surface area (Å²) in [6.07, 6.45) is 2.12. The van der Waals surface area contributed by atoms with Gasteiger partial charge in [0.2, 0.25) is 0 Å². The molecule has 0 bridgehead atoms. The Bertz CT molecular complexity index is 857. The number of hydrogen-bond donors (Lipinski definition) is 2. The Balaban J connectivity index is 1.59. The summed E-state index contributed by atoms with van der Waals surface area (Å²) in [6, 6.07) is 6.23. The van der Waals surface area contributed by atoms with Crippen LogP contribution in [0.15, 0.2) is 24.3 Å². The van der Waals surface area contributed by atoms with Crippen molar-refractivity contribution in [2.24, 2.45) is 5.92 Å². The minimum atomic E-state index is -1.12. The first-order chi connectivity index (χ1) is 14.3. The molecule has 2 N–H and O–H groups in total. The number of anilines is 1. The van der Waals surface area contributed by atoms with E-state index in [1.165, 1.54) is 14.0 Å². The molecule has 2 aliphatic rings. The molecule has 4 amide bonds. The molecule has 1 aromatic carbocycles. The monoisotopic (exact) mass is 417 g/mol. The van der Waals surface area contributed by atoms with E-state index in [4.69, 9.17) is 9.47 Å². The van der Waals surface area contributed by atoms with Gasteiger partial charge in [-0.1, -0.05) is 31.9 Å². The number of rotatable bonds is 6. The minimum absolute atomic E-state index is 0.00530. The number of carbonyl (C=O) groups excluding carboxylic acids is 4. The number of ether oxygens (including phenoxy) is 2. The molecule has 9 heteroatoms. The van der Waals surface area contributed by atoms with Crippen LogP contribution in [0.25, 0.3) is 0 Å². The Morgan fingerprint density at radius 3 is 2.73 bits per heavy atom. The van der Waals surface area contributed by atoms with Crippen LogP contribution < -0.4 is 15.4 Å². The molecule has 1 saturated carbocycles. The predicted molar refractivity (Wildman–Crippen MR) is 108 cm³/mol. The molecule has 0 aromatic heterocycles. The fraction of sp³-hybridized carbons (Fsp3) is 0.524. The SMILES string of the molecule is COc1ccccc1NC(=O)[C@H](C)OC(=O)CN1C(=O)N[C@@]2(CCCC[C@H]2C)C1=O. The largest absolute Gasteiger partial charge is 0.495 e. The van der Waals surface area contributed by atoms with E-state index in [9.17, 15) is 19.2 Å². The second-order valence-electron chi connectivity index (χ2n) is 7.76. The highest BCUT2D eigenvalue weighted by Gasteiger charge is 2.55. The highest BCUT2D eigenvalue weighted by atomic mass is 16.5. The van der Waals surface area contributed by atoms with Crippen LogP contribution in [0.2, 0.25) is 0 Å². The average molecular weight is 417 g/mol. The summed E-state index contributed by atoms with van der Waals surface area (Å²) in [5.74, 6) is -1.32. The number of hydrogen-bond acceptors (Lipinski definition) is 6. The Kier molecular flexibility index (Phi) is 6.28. The fourth-order valence-electron chi connectivity index (χ4n) is 4.04. The summed E-state index contributed by atoms with van der Waals surface area (Å²) < 4.78 is 10.3. The second-order valence-corrected chi connectivity index (χ2v) is 7.76. The lowest BCUT2D eigenvalue weighted by Crippen LogP contribution is -2.54. The van der Waals surface area contributed by atoms with E-state index in [1.54, 1.807) is 24.3 Å². The standard InChI is InChI=1S/C21H27N3O6/c1-13-8-6-7-11-21(13)19(27)24(20(28)23-21)12-17(25)30-14(2)18(26)22-15-9-4-5-10-16(15)29-3/h4-5,9-10,13-14H,6-8,11-12H2,1-3H3,(H,22,26)(H,23,28)/t13-,14+,21-/m1/s1. The Labute approximate surface area is 175 Å². The summed E-state index contributed by atoms with van der Waals surface area (Å²) in [4.78, 5) is 50.9. The van der Waals surface area contributed by atoms with Crippen LogP contribution >= 0.6 is 0 Å². The van der Waals surface area contributed by atoms with E-state index < -0.39 is 42.0 Å². The van der Waals surface area contributed by atoms with Gasteiger partial charge in [-0.25, -0.2) is 4.79 Å². The van der Waals surface area contributed by atoms with Gasteiger partial charge in [0, 0.05) is 0 Å². The smallest absolute Gasteiger partial charge is 0.327 e. The Morgan fingerprint density at radius 2 is 2.03 bits per heavy atom. The molecule has 0 unspecified atom stereocenters. The molecule has 3 rings (SSSR count). The van der Waals surface area contributed by atoms with Gasteiger partial charge in [-0.05, 0) is 37.8 Å². The van der Waals surface area contributed by atoms with Gasteiger partial charge in [0.1, 0.15) is 17.8 Å². The lowest BCUT2D eigenvalue weighted by atomic mass is 9.73. The maximum atomic E-state index is 12.9. The van der Waals surface area contributed by atoms with Crippen LogP contribution in [0.3, 0.4) is 0 Å². The highest BCUT2D eigenvalue weighted by Crippen LogP contribution is 2.38. The zero-order valence-electron chi connectivity index (χ0n) is 17.4. The molecule has 1 aliphatic carbocycles. The fourth-order valence-corrected chi connectivity index (χ4v) is 4.04. The molecular formula is C21H27N3O6. The zero-order chi connectivity index (χ0) is 21.9. The number of benzene rings is 1. The van der Waals surface area contributed by atoms with E-state index in [0.717, 1.165) is 24.2 Å². The van der Waals surface area contributed by atoms with Crippen molar-refractivity contribution < 1.29 is 28.7 Å². The van der Waals surface area contributed by atoms with Crippen molar-refractivity contribution >= 4 is 29.5 Å². The summed E-state index contributed by atoms with van der Waals surface area (Å²) in [5, 5.41) is 5.41. The van der Waals surface area contributed by atoms with Crippen molar-refractivity contribution in [1.82, 2.24) is 10.2 Å². The van der Waals surface area contributed by atoms with Crippen LogP contribution in [0.4, 0.5) is 10.5 Å². The van der Waals surface area contributed by atoms with Crippen LogP contribution in [-0.2, 0) is 19.1 Å². The van der Waals surface area contributed by atoms with Gasteiger partial charge in [-0.2, -0.15) is 0 Å². The van der Waals surface area contributed by atoms with Crippen LogP contribution in [0.5, 0.6) is 5.75 Å². The van der Waals surface area contributed by atoms with E-state index in [2.05, 4.69) is 10.6 Å². The van der Waals surface area contributed by atoms with Crippen molar-refractivity contribution in [2.75, 3.05) is 19.0 Å². The summed E-state index contributed by atoms with van der Waals surface area (Å²) in [6.45, 7) is 2.81. The predicted octanol–water partition coefficient (Wildman–Crippen LogP) is 2.07. The summed E-state index contributed by atoms with van der Waals surface area (Å²) in [5.41, 5.74) is -0.502. The van der Waals surface area contributed by atoms with Crippen LogP contribution in [0, 0.1) is 5.92 Å². The van der Waals surface area contributed by atoms with Crippen molar-refractivity contribution in [3.63, 3.8) is 0 Å². The highest BCUT2D eigenvalue weighted by molar-refractivity contribution is 6.09. The van der Waals surface area contributed by atoms with Gasteiger partial charge >= 0.3 is 12.0 Å². The number of urea groups is 1. The quantitative estimate of drug-likeness (QED) is 0.541. The molecule has 3 atom stereocenters. The molecule has 0 radical (unpaired) electrons. The normalized spacial score (nSPS) is 24.4. The molecule has 9 nitrogen and oxygen atoms in total. The first-order valence-electron chi connectivity index (χ1n) is 10.1. The van der Waals surface area contributed by atoms with Crippen molar-refractivity contribution in [3.05, 3.63) is 24.3 Å². The lowest BCUT2D eigenvalue weighted by Gasteiger charge is -2.36. The number of amides is 4. The average Bonchev–Trinajstić information content (AvgIpc) is 2.95. The van der Waals surface area contributed by atoms with Crippen LogP contribution in [-0.4, -0.2) is 54.0 Å². The number of para-hydroxylation sites is 2. The third kappa shape index (κ3) is 4.10. The lowest BCUT2D eigenvalue weighted by molar-refractivity contribution is -0.155. The molecule has 162 valence electrons. The number of esters is 1. The first kappa shape index (κ1) is 21.6. The van der Waals surface area contributed by atoms with E-state index >= 15 is 0 Å². The number of methoxy groups -OCH3 is 1. The minimum Gasteiger partial charge on any atom is -0.495 e. The van der Waals surface area contributed by atoms with Gasteiger partial charge in [0.05, 0.1) is 12.8 Å². The number of nitrogens with one attached hydrogen (secondary N) is 2. The maximum Gasteiger partial charge on any atom is 0.327 e. The zero-order valence-corrected chi connectivity index (χ0v) is 17.4. The summed E-state index contributed by atoms with van der Waals surface area (Å²) >= 11 is 0. The summed E-state index contributed by atoms with van der Waals surface area (Å²) in [7, 11) is 1.48. The second kappa shape index (κ2) is 8.73. The molecule has 2 fully saturated rings. The van der Waals surface area contributed by atoms with Crippen LogP contribution in [0.1, 0.15) is 39.5 Å². The van der Waals surface area contributed by atoms with E-state index in [1.807, 2.05) is 6.92 Å². The van der Waals surface area contributed by atoms with Gasteiger partial charge < -0.3 is 20.1 Å². The van der Waals surface area contributed by atoms with Crippen molar-refractivity contribution in [2.45, 2.75) is 51.2 Å². The number of nitrogens with zero attached hydrogens (tertiary/aromatic N) is 1. The molecule has 1 aromatic rings. The topological polar surface area (TPSA) is 114 Å². The third-order valence-electron chi connectivity index (χ3n) is 5.83. The maximum absolute atomic E-state index is 12.9. The molecular weight excluding hydrogens is 390 g/mol. The van der Waals surface area contributed by atoms with Gasteiger partial charge in [-0.3, -0.25) is 19.3 Å². The molecule has 1 heterocycles. The third-order valence-corrected chi connectivity index (χ3v) is 5.83. The van der Waals surface area contributed by atoms with Gasteiger partial charge in [-0.15, -0.1) is 0 Å². The van der Waals surface area contributed by atoms with Crippen molar-refractivity contribution in [1.29, 1.82) is 0 Å². The number of imide groups is 1. The molecule has 1 aliphatic heterocycles. The molecule has 1 spiro atoms.